The van der Waals surface area contributed by atoms with E-state index in [1.807, 2.05) is 13.8 Å². The first kappa shape index (κ1) is 15.5. The van der Waals surface area contributed by atoms with Gasteiger partial charge in [0.05, 0.1) is 29.4 Å². The van der Waals surface area contributed by atoms with Crippen LogP contribution >= 0.6 is 0 Å². The maximum Gasteiger partial charge on any atom is 0.278 e. The predicted octanol–water partition coefficient (Wildman–Crippen LogP) is 2.25. The van der Waals surface area contributed by atoms with Gasteiger partial charge < -0.3 is 10.5 Å². The largest absolute Gasteiger partial charge is 0.373 e. The monoisotopic (exact) mass is 267 g/mol. The summed E-state index contributed by atoms with van der Waals surface area (Å²) in [6.07, 6.45) is 2.30. The number of rotatable bonds is 6. The molecule has 0 radical (unpaired) electrons. The van der Waals surface area contributed by atoms with Crippen molar-refractivity contribution in [3.8, 4) is 0 Å². The van der Waals surface area contributed by atoms with Crippen LogP contribution in [0.25, 0.3) is 0 Å². The standard InChI is InChI=1S/C13H21N3O3/c1-5-13(4,14)8-19-7-11-10(3)12(16(17)18)9(2)6-15-11/h6H,5,7-8,14H2,1-4H3. The van der Waals surface area contributed by atoms with Crippen molar-refractivity contribution in [1.82, 2.24) is 4.98 Å². The number of nitro groups is 1. The number of nitrogens with zero attached hydrogens (tertiary/aromatic N) is 2. The summed E-state index contributed by atoms with van der Waals surface area (Å²) in [4.78, 5) is 14.8. The molecule has 0 saturated heterocycles. The van der Waals surface area contributed by atoms with Crippen LogP contribution in [0.1, 0.15) is 37.1 Å². The van der Waals surface area contributed by atoms with E-state index in [1.54, 1.807) is 13.8 Å². The maximum absolute atomic E-state index is 11.0. The zero-order chi connectivity index (χ0) is 14.6. The summed E-state index contributed by atoms with van der Waals surface area (Å²) in [6.45, 7) is 7.90. The Balaban J connectivity index is 2.81. The molecule has 0 aromatic carbocycles. The molecule has 0 amide bonds. The van der Waals surface area contributed by atoms with Crippen LogP contribution in [0.2, 0.25) is 0 Å². The van der Waals surface area contributed by atoms with E-state index in [4.69, 9.17) is 10.5 Å². The Morgan fingerprint density at radius 3 is 2.68 bits per heavy atom. The molecule has 1 atom stereocenters. The van der Waals surface area contributed by atoms with Crippen molar-refractivity contribution >= 4 is 5.69 Å². The number of pyridine rings is 1. The van der Waals surface area contributed by atoms with Crippen LogP contribution in [0.15, 0.2) is 6.20 Å². The minimum atomic E-state index is -0.384. The first-order chi connectivity index (χ1) is 8.78. The number of nitrogens with two attached hydrogens (primary N) is 1. The van der Waals surface area contributed by atoms with Gasteiger partial charge in [-0.25, -0.2) is 0 Å². The number of hydrogen-bond acceptors (Lipinski definition) is 5. The molecule has 0 fully saturated rings. The molecule has 0 aliphatic heterocycles. The van der Waals surface area contributed by atoms with Crippen molar-refractivity contribution in [2.24, 2.45) is 5.73 Å². The fourth-order valence-electron chi connectivity index (χ4n) is 1.67. The molecule has 0 saturated carbocycles. The van der Waals surface area contributed by atoms with E-state index < -0.39 is 0 Å². The molecule has 0 bridgehead atoms. The number of hydrogen-bond donors (Lipinski definition) is 1. The lowest BCUT2D eigenvalue weighted by Crippen LogP contribution is -2.40. The maximum atomic E-state index is 11.0. The fourth-order valence-corrected chi connectivity index (χ4v) is 1.67. The summed E-state index contributed by atoms with van der Waals surface area (Å²) in [6, 6.07) is 0. The highest BCUT2D eigenvalue weighted by atomic mass is 16.6. The molecule has 1 aromatic rings. The second-order valence-corrected chi connectivity index (χ2v) is 5.12. The van der Waals surface area contributed by atoms with Gasteiger partial charge >= 0.3 is 0 Å². The SMILES string of the molecule is CCC(C)(N)COCc1ncc(C)c([N+](=O)[O-])c1C. The molecule has 2 N–H and O–H groups in total. The van der Waals surface area contributed by atoms with Crippen molar-refractivity contribution < 1.29 is 9.66 Å². The second kappa shape index (κ2) is 6.08. The average molecular weight is 267 g/mol. The summed E-state index contributed by atoms with van der Waals surface area (Å²) in [5.41, 5.74) is 7.39. The van der Waals surface area contributed by atoms with Gasteiger partial charge in [-0.3, -0.25) is 15.1 Å². The van der Waals surface area contributed by atoms with Crippen LogP contribution in [-0.4, -0.2) is 22.1 Å². The van der Waals surface area contributed by atoms with Gasteiger partial charge in [0.15, 0.2) is 0 Å². The summed E-state index contributed by atoms with van der Waals surface area (Å²) in [5, 5.41) is 11.0. The first-order valence-corrected chi connectivity index (χ1v) is 6.24. The normalized spacial score (nSPS) is 14.2. The van der Waals surface area contributed by atoms with Crippen molar-refractivity contribution in [1.29, 1.82) is 0 Å². The third kappa shape index (κ3) is 3.97. The number of aromatic nitrogens is 1. The Kier molecular flexibility index (Phi) is 4.97. The molecule has 0 aliphatic rings. The quantitative estimate of drug-likeness (QED) is 0.630. The summed E-state index contributed by atoms with van der Waals surface area (Å²) < 4.78 is 5.52. The summed E-state index contributed by atoms with van der Waals surface area (Å²) in [7, 11) is 0. The highest BCUT2D eigenvalue weighted by Crippen LogP contribution is 2.24. The third-order valence-corrected chi connectivity index (χ3v) is 3.24. The van der Waals surface area contributed by atoms with Crippen LogP contribution in [0.4, 0.5) is 5.69 Å². The minimum Gasteiger partial charge on any atom is -0.373 e. The van der Waals surface area contributed by atoms with Gasteiger partial charge in [0, 0.05) is 17.3 Å². The molecular formula is C13H21N3O3. The van der Waals surface area contributed by atoms with Crippen LogP contribution in [0.3, 0.4) is 0 Å². The molecule has 6 nitrogen and oxygen atoms in total. The van der Waals surface area contributed by atoms with E-state index in [0.717, 1.165) is 6.42 Å². The van der Waals surface area contributed by atoms with Gasteiger partial charge in [-0.2, -0.15) is 0 Å². The van der Waals surface area contributed by atoms with E-state index in [-0.39, 0.29) is 22.8 Å². The topological polar surface area (TPSA) is 91.3 Å². The van der Waals surface area contributed by atoms with E-state index >= 15 is 0 Å². The van der Waals surface area contributed by atoms with Gasteiger partial charge in [0.25, 0.3) is 5.69 Å². The minimum absolute atomic E-state index is 0.111. The summed E-state index contributed by atoms with van der Waals surface area (Å²) in [5.74, 6) is 0. The van der Waals surface area contributed by atoms with Crippen LogP contribution < -0.4 is 5.73 Å². The van der Waals surface area contributed by atoms with Gasteiger partial charge in [-0.05, 0) is 27.2 Å². The van der Waals surface area contributed by atoms with Gasteiger partial charge in [0.1, 0.15) is 0 Å². The zero-order valence-electron chi connectivity index (χ0n) is 11.9. The number of aryl methyl sites for hydroxylation is 1. The van der Waals surface area contributed by atoms with E-state index in [1.165, 1.54) is 6.20 Å². The Hall–Kier alpha value is -1.53. The highest BCUT2D eigenvalue weighted by Gasteiger charge is 2.20. The van der Waals surface area contributed by atoms with Gasteiger partial charge in [-0.1, -0.05) is 6.92 Å². The fraction of sp³-hybridized carbons (Fsp3) is 0.615. The van der Waals surface area contributed by atoms with Crippen LogP contribution in [0.5, 0.6) is 0 Å². The molecule has 106 valence electrons. The third-order valence-electron chi connectivity index (χ3n) is 3.24. The molecule has 1 aromatic heterocycles. The van der Waals surface area contributed by atoms with E-state index in [9.17, 15) is 10.1 Å². The van der Waals surface area contributed by atoms with E-state index in [0.29, 0.717) is 23.4 Å². The Labute approximate surface area is 113 Å². The molecule has 0 spiro atoms. The van der Waals surface area contributed by atoms with Crippen LogP contribution in [-0.2, 0) is 11.3 Å². The van der Waals surface area contributed by atoms with E-state index in [2.05, 4.69) is 4.98 Å². The molecule has 19 heavy (non-hydrogen) atoms. The molecule has 1 unspecified atom stereocenters. The lowest BCUT2D eigenvalue weighted by atomic mass is 10.0. The molecule has 0 aliphatic carbocycles. The Morgan fingerprint density at radius 2 is 2.16 bits per heavy atom. The second-order valence-electron chi connectivity index (χ2n) is 5.12. The molecule has 1 heterocycles. The van der Waals surface area contributed by atoms with Gasteiger partial charge in [-0.15, -0.1) is 0 Å². The molecule has 1 rings (SSSR count). The van der Waals surface area contributed by atoms with Crippen molar-refractivity contribution in [3.05, 3.63) is 33.1 Å². The Bertz CT molecular complexity index is 472. The zero-order valence-corrected chi connectivity index (χ0v) is 11.9. The Morgan fingerprint density at radius 1 is 1.53 bits per heavy atom. The lowest BCUT2D eigenvalue weighted by molar-refractivity contribution is -0.386. The predicted molar refractivity (Wildman–Crippen MR) is 72.9 cm³/mol. The van der Waals surface area contributed by atoms with Gasteiger partial charge in [0.2, 0.25) is 0 Å². The molecule has 6 heteroatoms. The van der Waals surface area contributed by atoms with Crippen molar-refractivity contribution in [3.63, 3.8) is 0 Å². The highest BCUT2D eigenvalue weighted by molar-refractivity contribution is 5.47. The average Bonchev–Trinajstić information content (AvgIpc) is 2.31. The van der Waals surface area contributed by atoms with Crippen molar-refractivity contribution in [2.75, 3.05) is 6.61 Å². The van der Waals surface area contributed by atoms with Crippen molar-refractivity contribution in [2.45, 2.75) is 46.3 Å². The first-order valence-electron chi connectivity index (χ1n) is 6.24. The summed E-state index contributed by atoms with van der Waals surface area (Å²) >= 11 is 0. The lowest BCUT2D eigenvalue weighted by Gasteiger charge is -2.22. The molecular weight excluding hydrogens is 246 g/mol. The van der Waals surface area contributed by atoms with Crippen LogP contribution in [0, 0.1) is 24.0 Å². The number of ether oxygens (including phenoxy) is 1. The smallest absolute Gasteiger partial charge is 0.278 e.